The molecule has 1 aliphatic rings. The van der Waals surface area contributed by atoms with Gasteiger partial charge in [0.1, 0.15) is 5.75 Å². The van der Waals surface area contributed by atoms with E-state index in [1.54, 1.807) is 31.2 Å². The molecule has 0 radical (unpaired) electrons. The van der Waals surface area contributed by atoms with Crippen LogP contribution < -0.4 is 10.1 Å². The third-order valence-corrected chi connectivity index (χ3v) is 3.25. The average molecular weight is 305 g/mol. The molecule has 2 rings (SSSR count). The van der Waals surface area contributed by atoms with E-state index in [2.05, 4.69) is 19.2 Å². The van der Waals surface area contributed by atoms with Gasteiger partial charge in [-0.2, -0.15) is 0 Å². The van der Waals surface area contributed by atoms with Crippen molar-refractivity contribution in [3.8, 4) is 5.75 Å². The zero-order chi connectivity index (χ0) is 16.1. The molecule has 5 heteroatoms. The number of ether oxygens (including phenoxy) is 2. The summed E-state index contributed by atoms with van der Waals surface area (Å²) in [6.45, 7) is 6.34. The van der Waals surface area contributed by atoms with Crippen molar-refractivity contribution in [2.45, 2.75) is 45.8 Å². The summed E-state index contributed by atoms with van der Waals surface area (Å²) in [5.41, 5.74) is 0.406. The predicted molar refractivity (Wildman–Crippen MR) is 82.8 cm³/mol. The molecular weight excluding hydrogens is 282 g/mol. The first-order valence-electron chi connectivity index (χ1n) is 7.70. The van der Waals surface area contributed by atoms with Crippen molar-refractivity contribution in [3.05, 3.63) is 29.8 Å². The van der Waals surface area contributed by atoms with Gasteiger partial charge in [-0.05, 0) is 49.9 Å². The molecule has 0 aliphatic heterocycles. The van der Waals surface area contributed by atoms with Crippen LogP contribution in [0.2, 0.25) is 0 Å². The minimum Gasteiger partial charge on any atom is -0.493 e. The van der Waals surface area contributed by atoms with Crippen LogP contribution in [-0.2, 0) is 9.53 Å². The van der Waals surface area contributed by atoms with Gasteiger partial charge in [0, 0.05) is 6.04 Å². The fraction of sp³-hybridized carbons (Fsp3) is 0.529. The first-order chi connectivity index (χ1) is 10.5. The van der Waals surface area contributed by atoms with E-state index in [1.807, 2.05) is 0 Å². The smallest absolute Gasteiger partial charge is 0.338 e. The monoisotopic (exact) mass is 305 g/mol. The second-order valence-corrected chi connectivity index (χ2v) is 6.06. The largest absolute Gasteiger partial charge is 0.493 e. The maximum atomic E-state index is 12.0. The fourth-order valence-corrected chi connectivity index (χ4v) is 1.78. The summed E-state index contributed by atoms with van der Waals surface area (Å²) in [6.07, 6.45) is 1.22. The fourth-order valence-electron chi connectivity index (χ4n) is 1.78. The zero-order valence-electron chi connectivity index (χ0n) is 13.3. The summed E-state index contributed by atoms with van der Waals surface area (Å²) in [5.74, 6) is 0.404. The molecule has 1 aromatic rings. The number of hydrogen-bond donors (Lipinski definition) is 1. The van der Waals surface area contributed by atoms with Gasteiger partial charge in [0.05, 0.1) is 12.2 Å². The average Bonchev–Trinajstić information content (AvgIpc) is 3.29. The van der Waals surface area contributed by atoms with Crippen molar-refractivity contribution in [2.75, 3.05) is 6.61 Å². The molecule has 0 aromatic heterocycles. The van der Waals surface area contributed by atoms with E-state index in [1.165, 1.54) is 0 Å². The van der Waals surface area contributed by atoms with Gasteiger partial charge in [-0.3, -0.25) is 4.79 Å². The molecule has 1 amide bonds. The summed E-state index contributed by atoms with van der Waals surface area (Å²) in [5, 5.41) is 2.81. The number of amides is 1. The van der Waals surface area contributed by atoms with Crippen molar-refractivity contribution in [2.24, 2.45) is 5.92 Å². The topological polar surface area (TPSA) is 64.6 Å². The predicted octanol–water partition coefficient (Wildman–Crippen LogP) is 2.55. The number of carbonyl (C=O) groups excluding carboxylic acids is 2. The van der Waals surface area contributed by atoms with Gasteiger partial charge >= 0.3 is 5.97 Å². The Hall–Kier alpha value is -2.04. The van der Waals surface area contributed by atoms with Crippen LogP contribution in [0.25, 0.3) is 0 Å². The molecule has 0 heterocycles. The van der Waals surface area contributed by atoms with Crippen molar-refractivity contribution < 1.29 is 19.1 Å². The highest BCUT2D eigenvalue weighted by Crippen LogP contribution is 2.19. The van der Waals surface area contributed by atoms with E-state index in [-0.39, 0.29) is 11.9 Å². The van der Waals surface area contributed by atoms with E-state index in [0.29, 0.717) is 23.8 Å². The van der Waals surface area contributed by atoms with Crippen LogP contribution in [0.5, 0.6) is 5.75 Å². The molecule has 22 heavy (non-hydrogen) atoms. The van der Waals surface area contributed by atoms with E-state index in [0.717, 1.165) is 12.8 Å². The number of carbonyl (C=O) groups is 2. The lowest BCUT2D eigenvalue weighted by Gasteiger charge is -2.13. The summed E-state index contributed by atoms with van der Waals surface area (Å²) in [4.78, 5) is 23.8. The number of esters is 1. The molecule has 0 unspecified atom stereocenters. The number of benzene rings is 1. The Morgan fingerprint density at radius 3 is 2.36 bits per heavy atom. The third-order valence-electron chi connectivity index (χ3n) is 3.25. The molecule has 1 N–H and O–H groups in total. The zero-order valence-corrected chi connectivity index (χ0v) is 13.3. The highest BCUT2D eigenvalue weighted by molar-refractivity contribution is 5.92. The Kier molecular flexibility index (Phi) is 5.41. The van der Waals surface area contributed by atoms with Crippen molar-refractivity contribution in [1.29, 1.82) is 0 Å². The van der Waals surface area contributed by atoms with Crippen LogP contribution in [0.3, 0.4) is 0 Å². The van der Waals surface area contributed by atoms with Crippen molar-refractivity contribution in [1.82, 2.24) is 5.32 Å². The maximum absolute atomic E-state index is 12.0. The van der Waals surface area contributed by atoms with Gasteiger partial charge in [0.2, 0.25) is 0 Å². The van der Waals surface area contributed by atoms with Crippen molar-refractivity contribution >= 4 is 11.9 Å². The highest BCUT2D eigenvalue weighted by Gasteiger charge is 2.27. The van der Waals surface area contributed by atoms with E-state index >= 15 is 0 Å². The van der Waals surface area contributed by atoms with Crippen LogP contribution in [0.1, 0.15) is 44.0 Å². The van der Waals surface area contributed by atoms with Gasteiger partial charge in [-0.25, -0.2) is 4.79 Å². The lowest BCUT2D eigenvalue weighted by Crippen LogP contribution is -2.37. The second kappa shape index (κ2) is 7.29. The minimum atomic E-state index is -0.787. The lowest BCUT2D eigenvalue weighted by molar-refractivity contribution is -0.129. The van der Waals surface area contributed by atoms with E-state index in [4.69, 9.17) is 9.47 Å². The Labute approximate surface area is 131 Å². The Morgan fingerprint density at radius 1 is 1.18 bits per heavy atom. The van der Waals surface area contributed by atoms with Gasteiger partial charge in [-0.15, -0.1) is 0 Å². The molecule has 1 aromatic carbocycles. The van der Waals surface area contributed by atoms with Crippen LogP contribution in [-0.4, -0.2) is 30.6 Å². The van der Waals surface area contributed by atoms with Gasteiger partial charge < -0.3 is 14.8 Å². The molecule has 5 nitrogen and oxygen atoms in total. The number of nitrogens with one attached hydrogen (secondary N) is 1. The van der Waals surface area contributed by atoms with Crippen LogP contribution >= 0.6 is 0 Å². The molecular formula is C17H23NO4. The van der Waals surface area contributed by atoms with Gasteiger partial charge in [0.25, 0.3) is 5.91 Å². The first kappa shape index (κ1) is 16.3. The molecule has 120 valence electrons. The standard InChI is InChI=1S/C17H23NO4/c1-11(2)10-21-15-8-4-13(5-9-15)17(20)22-12(3)16(19)18-14-6-7-14/h4-5,8-9,11-12,14H,6-7,10H2,1-3H3,(H,18,19)/t12-/m0/s1. The second-order valence-electron chi connectivity index (χ2n) is 6.06. The molecule has 1 fully saturated rings. The molecule has 0 spiro atoms. The van der Waals surface area contributed by atoms with Crippen LogP contribution in [0.15, 0.2) is 24.3 Å². The summed E-state index contributed by atoms with van der Waals surface area (Å²) < 4.78 is 10.7. The molecule has 1 aliphatic carbocycles. The third kappa shape index (κ3) is 5.06. The minimum absolute atomic E-state index is 0.243. The molecule has 1 saturated carbocycles. The van der Waals surface area contributed by atoms with Crippen LogP contribution in [0.4, 0.5) is 0 Å². The SMILES string of the molecule is CC(C)COc1ccc(C(=O)O[C@@H](C)C(=O)NC2CC2)cc1. The summed E-state index contributed by atoms with van der Waals surface area (Å²) >= 11 is 0. The maximum Gasteiger partial charge on any atom is 0.338 e. The number of hydrogen-bond acceptors (Lipinski definition) is 4. The normalized spacial score (nSPS) is 15.3. The summed E-state index contributed by atoms with van der Waals surface area (Å²) in [6, 6.07) is 7.00. The van der Waals surface area contributed by atoms with E-state index in [9.17, 15) is 9.59 Å². The first-order valence-corrected chi connectivity index (χ1v) is 7.70. The Bertz CT molecular complexity index is 520. The van der Waals surface area contributed by atoms with E-state index < -0.39 is 12.1 Å². The molecule has 0 saturated heterocycles. The van der Waals surface area contributed by atoms with Crippen molar-refractivity contribution in [3.63, 3.8) is 0 Å². The lowest BCUT2D eigenvalue weighted by atomic mass is 10.2. The summed E-state index contributed by atoms with van der Waals surface area (Å²) in [7, 11) is 0. The number of rotatable bonds is 7. The quantitative estimate of drug-likeness (QED) is 0.786. The Balaban J connectivity index is 1.84. The molecule has 0 bridgehead atoms. The highest BCUT2D eigenvalue weighted by atomic mass is 16.5. The Morgan fingerprint density at radius 2 is 1.82 bits per heavy atom. The van der Waals surface area contributed by atoms with Gasteiger partial charge in [0.15, 0.2) is 6.10 Å². The van der Waals surface area contributed by atoms with Gasteiger partial charge in [-0.1, -0.05) is 13.8 Å². The van der Waals surface area contributed by atoms with Crippen LogP contribution in [0, 0.1) is 5.92 Å². The molecule has 1 atom stereocenters.